The Morgan fingerprint density at radius 1 is 1.00 bits per heavy atom. The number of hydrogen-bond donors (Lipinski definition) is 1. The summed E-state index contributed by atoms with van der Waals surface area (Å²) in [6, 6.07) is 20.9. The molecule has 0 saturated carbocycles. The lowest BCUT2D eigenvalue weighted by Crippen LogP contribution is -1.95. The summed E-state index contributed by atoms with van der Waals surface area (Å²) in [5.41, 5.74) is 9.23. The average Bonchev–Trinajstić information content (AvgIpc) is 3.29. The molecule has 4 aromatic rings. The predicted molar refractivity (Wildman–Crippen MR) is 143 cm³/mol. The van der Waals surface area contributed by atoms with E-state index in [2.05, 4.69) is 78.4 Å². The van der Waals surface area contributed by atoms with Crippen LogP contribution >= 0.6 is 0 Å². The molecule has 34 heavy (non-hydrogen) atoms. The molecule has 4 nitrogen and oxygen atoms in total. The van der Waals surface area contributed by atoms with Crippen molar-refractivity contribution in [3.63, 3.8) is 0 Å². The van der Waals surface area contributed by atoms with Gasteiger partial charge in [-0.25, -0.2) is 4.98 Å². The summed E-state index contributed by atoms with van der Waals surface area (Å²) in [5, 5.41) is 0. The quantitative estimate of drug-likeness (QED) is 0.220. The van der Waals surface area contributed by atoms with Gasteiger partial charge < -0.3 is 9.72 Å². The lowest BCUT2D eigenvalue weighted by atomic mass is 9.93. The van der Waals surface area contributed by atoms with Crippen molar-refractivity contribution < 1.29 is 9.53 Å². The van der Waals surface area contributed by atoms with E-state index in [1.54, 1.807) is 7.11 Å². The van der Waals surface area contributed by atoms with Crippen molar-refractivity contribution in [3.05, 3.63) is 94.3 Å². The average molecular weight is 455 g/mol. The first-order valence-electron chi connectivity index (χ1n) is 11.9. The molecule has 0 spiro atoms. The van der Waals surface area contributed by atoms with Crippen LogP contribution in [-0.4, -0.2) is 23.4 Å². The summed E-state index contributed by atoms with van der Waals surface area (Å²) in [6.07, 6.45) is 5.99. The van der Waals surface area contributed by atoms with Gasteiger partial charge >= 0.3 is 0 Å². The highest BCUT2D eigenvalue weighted by Crippen LogP contribution is 2.28. The number of allylic oxidation sites excluding steroid dienone is 1. The second-order valence-corrected chi connectivity index (χ2v) is 8.15. The van der Waals surface area contributed by atoms with Crippen LogP contribution in [0.3, 0.4) is 0 Å². The Morgan fingerprint density at radius 3 is 2.53 bits per heavy atom. The molecular formula is C30H34N2O2. The lowest BCUT2D eigenvalue weighted by Gasteiger charge is -2.13. The van der Waals surface area contributed by atoms with E-state index in [-0.39, 0.29) is 0 Å². The van der Waals surface area contributed by atoms with Gasteiger partial charge in [-0.2, -0.15) is 0 Å². The van der Waals surface area contributed by atoms with E-state index in [9.17, 15) is 4.79 Å². The minimum Gasteiger partial charge on any atom is -0.497 e. The zero-order valence-electron chi connectivity index (χ0n) is 20.8. The third-order valence-corrected chi connectivity index (χ3v) is 5.92. The van der Waals surface area contributed by atoms with E-state index in [0.29, 0.717) is 5.82 Å². The molecule has 0 atom stereocenters. The molecule has 4 rings (SSSR count). The number of aromatic nitrogens is 2. The van der Waals surface area contributed by atoms with Gasteiger partial charge in [0, 0.05) is 0 Å². The number of aryl methyl sites for hydroxylation is 3. The standard InChI is InChI=1S/C28H28N2O2.C2H6/c1-19-11-13-24(32-3)17-22(19)8-6-9-23(25-10-5-4-7-20(25)2)15-21-12-14-26-27(16-21)30-28(18-31)29-26;1-2/h4-5,7,10-18H,6,8-9H2,1-3H3,(H,29,30);1-2H3/b23-15-;. The lowest BCUT2D eigenvalue weighted by molar-refractivity contribution is 0.111. The van der Waals surface area contributed by atoms with Gasteiger partial charge in [0.25, 0.3) is 0 Å². The number of ether oxygens (including phenoxy) is 1. The van der Waals surface area contributed by atoms with Gasteiger partial charge in [-0.1, -0.05) is 56.3 Å². The molecule has 0 aliphatic carbocycles. The maximum Gasteiger partial charge on any atom is 0.185 e. The number of aldehydes is 1. The third kappa shape index (κ3) is 6.02. The monoisotopic (exact) mass is 454 g/mol. The molecule has 4 heteroatoms. The normalized spacial score (nSPS) is 11.1. The van der Waals surface area contributed by atoms with Crippen molar-refractivity contribution in [2.45, 2.75) is 47.0 Å². The van der Waals surface area contributed by atoms with Crippen LogP contribution in [0.1, 0.15) is 65.1 Å². The van der Waals surface area contributed by atoms with Crippen LogP contribution in [0.4, 0.5) is 0 Å². The Hall–Kier alpha value is -3.66. The van der Waals surface area contributed by atoms with E-state index in [1.165, 1.54) is 27.8 Å². The van der Waals surface area contributed by atoms with E-state index in [4.69, 9.17) is 4.74 Å². The van der Waals surface area contributed by atoms with Crippen molar-refractivity contribution in [3.8, 4) is 5.75 Å². The number of methoxy groups -OCH3 is 1. The number of hydrogen-bond acceptors (Lipinski definition) is 3. The highest BCUT2D eigenvalue weighted by Gasteiger charge is 2.09. The number of imidazole rings is 1. The molecule has 0 fully saturated rings. The molecule has 1 N–H and O–H groups in total. The number of benzene rings is 3. The fraction of sp³-hybridized carbons (Fsp3) is 0.267. The molecule has 1 heterocycles. The number of carbonyl (C=O) groups excluding carboxylic acids is 1. The first-order valence-corrected chi connectivity index (χ1v) is 11.9. The van der Waals surface area contributed by atoms with E-state index < -0.39 is 0 Å². The van der Waals surface area contributed by atoms with Gasteiger partial charge in [0.05, 0.1) is 18.1 Å². The van der Waals surface area contributed by atoms with Crippen molar-refractivity contribution in [1.82, 2.24) is 9.97 Å². The maximum absolute atomic E-state index is 11.0. The largest absolute Gasteiger partial charge is 0.497 e. The van der Waals surface area contributed by atoms with Crippen LogP contribution in [0, 0.1) is 13.8 Å². The van der Waals surface area contributed by atoms with Crippen LogP contribution in [0.2, 0.25) is 0 Å². The van der Waals surface area contributed by atoms with Gasteiger partial charge in [-0.15, -0.1) is 0 Å². The number of rotatable bonds is 8. The molecule has 0 unspecified atom stereocenters. The van der Waals surface area contributed by atoms with E-state index >= 15 is 0 Å². The Balaban J connectivity index is 0.00000158. The SMILES string of the molecule is CC.COc1ccc(C)c(CCC/C(=C/c2ccc3nc(C=O)[nH]c3c2)c2ccccc2C)c1. The van der Waals surface area contributed by atoms with Crippen molar-refractivity contribution >= 4 is 29.0 Å². The predicted octanol–water partition coefficient (Wildman–Crippen LogP) is 7.59. The molecule has 176 valence electrons. The Kier molecular flexibility index (Phi) is 8.80. The van der Waals surface area contributed by atoms with Crippen LogP contribution in [0.15, 0.2) is 60.7 Å². The van der Waals surface area contributed by atoms with Crippen molar-refractivity contribution in [2.24, 2.45) is 0 Å². The summed E-state index contributed by atoms with van der Waals surface area (Å²) in [4.78, 5) is 18.4. The van der Waals surface area contributed by atoms with Crippen LogP contribution < -0.4 is 4.74 Å². The summed E-state index contributed by atoms with van der Waals surface area (Å²) < 4.78 is 5.41. The van der Waals surface area contributed by atoms with Crippen LogP contribution in [0.5, 0.6) is 5.75 Å². The molecular weight excluding hydrogens is 420 g/mol. The minimum absolute atomic E-state index is 0.355. The Bertz CT molecular complexity index is 1280. The second kappa shape index (κ2) is 12.0. The van der Waals surface area contributed by atoms with Gasteiger partial charge in [0.2, 0.25) is 0 Å². The van der Waals surface area contributed by atoms with Gasteiger partial charge in [-0.3, -0.25) is 4.79 Å². The first-order chi connectivity index (χ1) is 16.6. The number of H-pyrrole nitrogens is 1. The topological polar surface area (TPSA) is 55.0 Å². The summed E-state index contributed by atoms with van der Waals surface area (Å²) in [7, 11) is 1.71. The van der Waals surface area contributed by atoms with Crippen molar-refractivity contribution in [2.75, 3.05) is 7.11 Å². The molecule has 0 bridgehead atoms. The first kappa shape index (κ1) is 25.0. The molecule has 0 amide bonds. The van der Waals surface area contributed by atoms with Crippen LogP contribution in [0.25, 0.3) is 22.7 Å². The number of aromatic amines is 1. The van der Waals surface area contributed by atoms with Crippen LogP contribution in [-0.2, 0) is 6.42 Å². The van der Waals surface area contributed by atoms with Gasteiger partial charge in [0.1, 0.15) is 5.75 Å². The molecule has 0 radical (unpaired) electrons. The Labute approximate surface area is 202 Å². The summed E-state index contributed by atoms with van der Waals surface area (Å²) in [5.74, 6) is 1.26. The Morgan fingerprint density at radius 2 is 1.79 bits per heavy atom. The van der Waals surface area contributed by atoms with Gasteiger partial charge in [0.15, 0.2) is 12.1 Å². The molecule has 3 aromatic carbocycles. The number of nitrogens with zero attached hydrogens (tertiary/aromatic N) is 1. The van der Waals surface area contributed by atoms with E-state index in [1.807, 2.05) is 26.0 Å². The smallest absolute Gasteiger partial charge is 0.185 e. The van der Waals surface area contributed by atoms with E-state index in [0.717, 1.165) is 47.9 Å². The molecule has 0 aliphatic rings. The molecule has 1 aromatic heterocycles. The maximum atomic E-state index is 11.0. The molecule has 0 aliphatic heterocycles. The summed E-state index contributed by atoms with van der Waals surface area (Å²) >= 11 is 0. The molecule has 0 saturated heterocycles. The van der Waals surface area contributed by atoms with Crippen molar-refractivity contribution in [1.29, 1.82) is 0 Å². The van der Waals surface area contributed by atoms with Gasteiger partial charge in [-0.05, 0) is 90.8 Å². The number of carbonyl (C=O) groups is 1. The minimum atomic E-state index is 0.355. The second-order valence-electron chi connectivity index (χ2n) is 8.15. The number of fused-ring (bicyclic) bond motifs is 1. The number of nitrogens with one attached hydrogen (secondary N) is 1. The highest BCUT2D eigenvalue weighted by atomic mass is 16.5. The highest BCUT2D eigenvalue weighted by molar-refractivity contribution is 5.87. The zero-order chi connectivity index (χ0) is 24.5. The third-order valence-electron chi connectivity index (χ3n) is 5.92. The fourth-order valence-electron chi connectivity index (χ4n) is 4.12. The zero-order valence-corrected chi connectivity index (χ0v) is 20.8. The fourth-order valence-corrected chi connectivity index (χ4v) is 4.12. The summed E-state index contributed by atoms with van der Waals surface area (Å²) in [6.45, 7) is 8.31.